The molecular formula is C23H25FN4O3. The normalized spacial score (nSPS) is 19.4. The van der Waals surface area contributed by atoms with E-state index in [1.165, 1.54) is 12.1 Å². The average molecular weight is 424 g/mol. The fourth-order valence-electron chi connectivity index (χ4n) is 3.81. The number of amides is 2. The summed E-state index contributed by atoms with van der Waals surface area (Å²) in [5, 5.41) is 9.87. The molecule has 7 nitrogen and oxygen atoms in total. The molecule has 2 heterocycles. The van der Waals surface area contributed by atoms with Crippen LogP contribution in [0.25, 0.3) is 0 Å². The van der Waals surface area contributed by atoms with Crippen molar-refractivity contribution in [2.24, 2.45) is 5.16 Å². The van der Waals surface area contributed by atoms with Crippen LogP contribution in [-0.4, -0.2) is 54.2 Å². The highest BCUT2D eigenvalue weighted by atomic mass is 19.1. The first-order valence-electron chi connectivity index (χ1n) is 10.4. The Labute approximate surface area is 180 Å². The predicted octanol–water partition coefficient (Wildman–Crippen LogP) is 2.54. The van der Waals surface area contributed by atoms with Crippen LogP contribution in [0.4, 0.5) is 10.1 Å². The van der Waals surface area contributed by atoms with Gasteiger partial charge in [-0.3, -0.25) is 14.5 Å². The lowest BCUT2D eigenvalue weighted by molar-refractivity contribution is -0.132. The molecule has 2 aliphatic heterocycles. The molecule has 2 aliphatic rings. The second kappa shape index (κ2) is 9.70. The Hall–Kier alpha value is -3.26. The zero-order valence-corrected chi connectivity index (χ0v) is 17.1. The van der Waals surface area contributed by atoms with Crippen molar-refractivity contribution in [1.29, 1.82) is 0 Å². The van der Waals surface area contributed by atoms with Crippen LogP contribution >= 0.6 is 0 Å². The minimum atomic E-state index is -0.701. The first-order chi connectivity index (χ1) is 15.1. The van der Waals surface area contributed by atoms with Crippen molar-refractivity contribution in [3.63, 3.8) is 0 Å². The van der Waals surface area contributed by atoms with Crippen LogP contribution < -0.4 is 10.6 Å². The predicted molar refractivity (Wildman–Crippen MR) is 115 cm³/mol. The monoisotopic (exact) mass is 424 g/mol. The number of nitrogens with zero attached hydrogens (tertiary/aromatic N) is 2. The van der Waals surface area contributed by atoms with Gasteiger partial charge in [0.25, 0.3) is 5.91 Å². The van der Waals surface area contributed by atoms with Gasteiger partial charge in [-0.1, -0.05) is 35.5 Å². The van der Waals surface area contributed by atoms with Crippen LogP contribution in [0.5, 0.6) is 0 Å². The largest absolute Gasteiger partial charge is 0.382 e. The molecule has 0 saturated carbocycles. The maximum Gasteiger partial charge on any atom is 0.264 e. The highest BCUT2D eigenvalue weighted by molar-refractivity contribution is 6.04. The smallest absolute Gasteiger partial charge is 0.264 e. The summed E-state index contributed by atoms with van der Waals surface area (Å²) in [5.74, 6) is -0.609. The summed E-state index contributed by atoms with van der Waals surface area (Å²) < 4.78 is 13.4. The molecule has 2 amide bonds. The van der Waals surface area contributed by atoms with Gasteiger partial charge in [0.15, 0.2) is 0 Å². The number of nitrogens with one attached hydrogen (secondary N) is 2. The molecule has 0 aromatic heterocycles. The minimum Gasteiger partial charge on any atom is -0.382 e. The van der Waals surface area contributed by atoms with E-state index >= 15 is 0 Å². The molecule has 0 bridgehead atoms. The molecule has 2 aromatic rings. The van der Waals surface area contributed by atoms with Gasteiger partial charge in [0.05, 0.1) is 12.3 Å². The number of carbonyl (C=O) groups is 2. The van der Waals surface area contributed by atoms with E-state index in [9.17, 15) is 14.0 Å². The van der Waals surface area contributed by atoms with Crippen LogP contribution in [0.1, 0.15) is 24.8 Å². The Bertz CT molecular complexity index is 958. The molecule has 162 valence electrons. The number of hydrogen-bond donors (Lipinski definition) is 2. The van der Waals surface area contributed by atoms with E-state index < -0.39 is 6.10 Å². The number of oxime groups is 1. The Balaban J connectivity index is 1.19. The lowest BCUT2D eigenvalue weighted by Gasteiger charge is -2.32. The second-order valence-corrected chi connectivity index (χ2v) is 7.82. The molecule has 1 saturated heterocycles. The molecule has 4 rings (SSSR count). The van der Waals surface area contributed by atoms with Gasteiger partial charge in [0.1, 0.15) is 5.82 Å². The summed E-state index contributed by atoms with van der Waals surface area (Å²) >= 11 is 0. The molecule has 1 unspecified atom stereocenters. The maximum absolute atomic E-state index is 13.4. The van der Waals surface area contributed by atoms with Crippen molar-refractivity contribution in [1.82, 2.24) is 10.2 Å². The molecule has 0 spiro atoms. The van der Waals surface area contributed by atoms with Crippen LogP contribution in [0.15, 0.2) is 59.8 Å². The molecule has 8 heteroatoms. The number of anilines is 1. The minimum absolute atomic E-state index is 0.0303. The molecule has 2 aromatic carbocycles. The number of rotatable bonds is 6. The number of carbonyl (C=O) groups excluding carboxylic acids is 2. The number of likely N-dealkylation sites (tertiary alicyclic amines) is 1. The van der Waals surface area contributed by atoms with Crippen molar-refractivity contribution in [3.8, 4) is 0 Å². The molecule has 2 N–H and O–H groups in total. The number of halogens is 1. The van der Waals surface area contributed by atoms with Gasteiger partial charge in [0, 0.05) is 36.8 Å². The summed E-state index contributed by atoms with van der Waals surface area (Å²) in [6.07, 6.45) is 1.13. The molecule has 1 fully saturated rings. The zero-order valence-electron chi connectivity index (χ0n) is 17.1. The van der Waals surface area contributed by atoms with Gasteiger partial charge in [-0.05, 0) is 37.1 Å². The van der Waals surface area contributed by atoms with Gasteiger partial charge < -0.3 is 15.5 Å². The Morgan fingerprint density at radius 3 is 2.61 bits per heavy atom. The fourth-order valence-corrected chi connectivity index (χ4v) is 3.81. The van der Waals surface area contributed by atoms with E-state index in [1.54, 1.807) is 12.1 Å². The summed E-state index contributed by atoms with van der Waals surface area (Å²) in [7, 11) is 0. The first kappa shape index (κ1) is 21.0. The maximum atomic E-state index is 13.4. The van der Waals surface area contributed by atoms with Crippen LogP contribution in [0.3, 0.4) is 0 Å². The standard InChI is InChI=1S/C23H25FN4O3/c24-17-6-4-5-16(13-17)20-14-21(31-27-20)23(30)26-19-9-11-28(12-10-19)15-22(29)25-18-7-2-1-3-8-18/h1-8,13,19,21H,9-12,14-15H2,(H,25,29)(H,26,30). The molecular weight excluding hydrogens is 399 g/mol. The third-order valence-corrected chi connectivity index (χ3v) is 5.48. The average Bonchev–Trinajstić information content (AvgIpc) is 3.26. The van der Waals surface area contributed by atoms with Gasteiger partial charge in [-0.25, -0.2) is 4.39 Å². The topological polar surface area (TPSA) is 83.0 Å². The number of para-hydroxylation sites is 1. The summed E-state index contributed by atoms with van der Waals surface area (Å²) in [5.41, 5.74) is 1.97. The van der Waals surface area contributed by atoms with E-state index in [0.717, 1.165) is 31.6 Å². The van der Waals surface area contributed by atoms with Crippen molar-refractivity contribution < 1.29 is 18.8 Å². The molecule has 0 radical (unpaired) electrons. The Kier molecular flexibility index (Phi) is 6.57. The molecule has 1 atom stereocenters. The molecule has 0 aliphatic carbocycles. The van der Waals surface area contributed by atoms with E-state index in [1.807, 2.05) is 30.3 Å². The number of hydrogen-bond acceptors (Lipinski definition) is 5. The first-order valence-corrected chi connectivity index (χ1v) is 10.4. The van der Waals surface area contributed by atoms with Crippen molar-refractivity contribution in [2.75, 3.05) is 25.0 Å². The Morgan fingerprint density at radius 1 is 1.10 bits per heavy atom. The van der Waals surface area contributed by atoms with Crippen molar-refractivity contribution in [2.45, 2.75) is 31.4 Å². The SMILES string of the molecule is O=C(CN1CCC(NC(=O)C2CC(c3cccc(F)c3)=NO2)CC1)Nc1ccccc1. The van der Waals surface area contributed by atoms with E-state index in [0.29, 0.717) is 24.2 Å². The van der Waals surface area contributed by atoms with Crippen LogP contribution in [0.2, 0.25) is 0 Å². The summed E-state index contributed by atoms with van der Waals surface area (Å²) in [4.78, 5) is 32.1. The lowest BCUT2D eigenvalue weighted by atomic mass is 10.0. The second-order valence-electron chi connectivity index (χ2n) is 7.82. The summed E-state index contributed by atoms with van der Waals surface area (Å²) in [6, 6.07) is 15.5. The van der Waals surface area contributed by atoms with Crippen LogP contribution in [0, 0.1) is 5.82 Å². The van der Waals surface area contributed by atoms with Gasteiger partial charge in [0.2, 0.25) is 12.0 Å². The third kappa shape index (κ3) is 5.67. The quantitative estimate of drug-likeness (QED) is 0.747. The summed E-state index contributed by atoms with van der Waals surface area (Å²) in [6.45, 7) is 1.78. The van der Waals surface area contributed by atoms with E-state index in [-0.39, 0.29) is 23.7 Å². The van der Waals surface area contributed by atoms with Gasteiger partial charge >= 0.3 is 0 Å². The van der Waals surface area contributed by atoms with Gasteiger partial charge in [-0.15, -0.1) is 0 Å². The van der Waals surface area contributed by atoms with E-state index in [2.05, 4.69) is 20.7 Å². The zero-order chi connectivity index (χ0) is 21.6. The highest BCUT2D eigenvalue weighted by Gasteiger charge is 2.31. The van der Waals surface area contributed by atoms with Crippen molar-refractivity contribution in [3.05, 3.63) is 66.0 Å². The molecule has 31 heavy (non-hydrogen) atoms. The fraction of sp³-hybridized carbons (Fsp3) is 0.348. The van der Waals surface area contributed by atoms with Gasteiger partial charge in [-0.2, -0.15) is 0 Å². The Morgan fingerprint density at radius 2 is 1.87 bits per heavy atom. The highest BCUT2D eigenvalue weighted by Crippen LogP contribution is 2.19. The lowest BCUT2D eigenvalue weighted by Crippen LogP contribution is -2.48. The van der Waals surface area contributed by atoms with Crippen LogP contribution in [-0.2, 0) is 14.4 Å². The third-order valence-electron chi connectivity index (χ3n) is 5.48. The van der Waals surface area contributed by atoms with E-state index in [4.69, 9.17) is 4.84 Å². The number of benzene rings is 2. The van der Waals surface area contributed by atoms with Crippen molar-refractivity contribution >= 4 is 23.2 Å². The number of piperidine rings is 1.